The smallest absolute Gasteiger partial charge is 0.0212 e. The normalized spacial score (nSPS) is 16.3. The van der Waals surface area contributed by atoms with Crippen molar-refractivity contribution in [3.05, 3.63) is 0 Å². The van der Waals surface area contributed by atoms with Crippen molar-refractivity contribution in [2.24, 2.45) is 5.92 Å². The van der Waals surface area contributed by atoms with Gasteiger partial charge in [0.15, 0.2) is 0 Å². The van der Waals surface area contributed by atoms with E-state index in [-0.39, 0.29) is 0 Å². The molecule has 2 unspecified atom stereocenters. The van der Waals surface area contributed by atoms with Crippen LogP contribution >= 0.6 is 0 Å². The van der Waals surface area contributed by atoms with E-state index in [1.165, 1.54) is 12.8 Å². The molecule has 0 rings (SSSR count). The van der Waals surface area contributed by atoms with Gasteiger partial charge in [-0.05, 0) is 39.8 Å². The van der Waals surface area contributed by atoms with E-state index in [2.05, 4.69) is 52.0 Å². The topological polar surface area (TPSA) is 15.3 Å². The zero-order valence-electron chi connectivity index (χ0n) is 10.8. The van der Waals surface area contributed by atoms with E-state index in [4.69, 9.17) is 0 Å². The van der Waals surface area contributed by atoms with Gasteiger partial charge in [-0.25, -0.2) is 0 Å². The highest BCUT2D eigenvalue weighted by Crippen LogP contribution is 2.04. The minimum atomic E-state index is 0.643. The molecule has 0 spiro atoms. The molecule has 0 bridgehead atoms. The molecule has 0 aliphatic carbocycles. The van der Waals surface area contributed by atoms with E-state index in [1.54, 1.807) is 0 Å². The lowest BCUT2D eigenvalue weighted by Gasteiger charge is -2.25. The van der Waals surface area contributed by atoms with E-state index in [0.717, 1.165) is 12.5 Å². The van der Waals surface area contributed by atoms with Crippen molar-refractivity contribution in [2.45, 2.75) is 52.6 Å². The molecule has 0 aromatic carbocycles. The maximum absolute atomic E-state index is 3.60. The second-order valence-corrected chi connectivity index (χ2v) is 4.96. The van der Waals surface area contributed by atoms with Gasteiger partial charge in [0.1, 0.15) is 0 Å². The lowest BCUT2D eigenvalue weighted by Crippen LogP contribution is -2.41. The Morgan fingerprint density at radius 2 is 1.71 bits per heavy atom. The van der Waals surface area contributed by atoms with Gasteiger partial charge in [0, 0.05) is 18.6 Å². The molecule has 0 heterocycles. The predicted octanol–water partition coefficient (Wildman–Crippen LogP) is 2.35. The van der Waals surface area contributed by atoms with Crippen LogP contribution in [-0.2, 0) is 0 Å². The first-order valence-electron chi connectivity index (χ1n) is 5.87. The Bertz CT molecular complexity index is 132. The Labute approximate surface area is 90.1 Å². The molecule has 0 saturated carbocycles. The van der Waals surface area contributed by atoms with Crippen molar-refractivity contribution in [2.75, 3.05) is 20.6 Å². The highest BCUT2D eigenvalue weighted by atomic mass is 15.1. The summed E-state index contributed by atoms with van der Waals surface area (Å²) in [6.07, 6.45) is 2.48. The molecule has 0 saturated heterocycles. The van der Waals surface area contributed by atoms with Crippen LogP contribution in [0.3, 0.4) is 0 Å². The third-order valence-corrected chi connectivity index (χ3v) is 2.73. The summed E-state index contributed by atoms with van der Waals surface area (Å²) >= 11 is 0. The van der Waals surface area contributed by atoms with Crippen LogP contribution in [0.5, 0.6) is 0 Å². The minimum Gasteiger partial charge on any atom is -0.313 e. The number of hydrogen-bond donors (Lipinski definition) is 1. The summed E-state index contributed by atoms with van der Waals surface area (Å²) in [6.45, 7) is 10.2. The summed E-state index contributed by atoms with van der Waals surface area (Å²) < 4.78 is 0. The zero-order chi connectivity index (χ0) is 11.1. The van der Waals surface area contributed by atoms with E-state index < -0.39 is 0 Å². The van der Waals surface area contributed by atoms with Crippen molar-refractivity contribution in [3.8, 4) is 0 Å². The first-order valence-corrected chi connectivity index (χ1v) is 5.87. The summed E-state index contributed by atoms with van der Waals surface area (Å²) in [5, 5.41) is 3.60. The van der Waals surface area contributed by atoms with Gasteiger partial charge in [0.2, 0.25) is 0 Å². The monoisotopic (exact) mass is 200 g/mol. The predicted molar refractivity (Wildman–Crippen MR) is 64.7 cm³/mol. The quantitative estimate of drug-likeness (QED) is 0.678. The molecule has 0 aromatic rings. The Kier molecular flexibility index (Phi) is 7.20. The molecule has 0 aliphatic rings. The SMILES string of the molecule is CCC(CNC(C)CC(C)C)N(C)C. The van der Waals surface area contributed by atoms with Crippen LogP contribution < -0.4 is 5.32 Å². The van der Waals surface area contributed by atoms with Gasteiger partial charge in [0.25, 0.3) is 0 Å². The molecular formula is C12H28N2. The first kappa shape index (κ1) is 13.9. The van der Waals surface area contributed by atoms with Crippen molar-refractivity contribution < 1.29 is 0 Å². The maximum atomic E-state index is 3.60. The fourth-order valence-electron chi connectivity index (χ4n) is 1.82. The van der Waals surface area contributed by atoms with Gasteiger partial charge < -0.3 is 10.2 Å². The highest BCUT2D eigenvalue weighted by Gasteiger charge is 2.10. The summed E-state index contributed by atoms with van der Waals surface area (Å²) in [5.41, 5.74) is 0. The lowest BCUT2D eigenvalue weighted by molar-refractivity contribution is 0.265. The summed E-state index contributed by atoms with van der Waals surface area (Å²) in [4.78, 5) is 2.30. The van der Waals surface area contributed by atoms with Crippen molar-refractivity contribution in [3.63, 3.8) is 0 Å². The molecule has 1 N–H and O–H groups in total. The molecule has 0 amide bonds. The molecule has 2 heteroatoms. The molecule has 0 aliphatic heterocycles. The molecule has 0 aromatic heterocycles. The van der Waals surface area contributed by atoms with Gasteiger partial charge in [-0.15, -0.1) is 0 Å². The Morgan fingerprint density at radius 1 is 1.14 bits per heavy atom. The maximum Gasteiger partial charge on any atom is 0.0212 e. The van der Waals surface area contributed by atoms with Crippen LogP contribution in [-0.4, -0.2) is 37.6 Å². The Hall–Kier alpha value is -0.0800. The molecule has 2 nitrogen and oxygen atoms in total. The molecular weight excluding hydrogens is 172 g/mol. The van der Waals surface area contributed by atoms with Crippen LogP contribution in [0.4, 0.5) is 0 Å². The fraction of sp³-hybridized carbons (Fsp3) is 1.00. The third-order valence-electron chi connectivity index (χ3n) is 2.73. The van der Waals surface area contributed by atoms with Gasteiger partial charge in [-0.2, -0.15) is 0 Å². The van der Waals surface area contributed by atoms with Gasteiger partial charge in [-0.1, -0.05) is 20.8 Å². The summed E-state index contributed by atoms with van der Waals surface area (Å²) in [5.74, 6) is 0.789. The minimum absolute atomic E-state index is 0.643. The van der Waals surface area contributed by atoms with E-state index >= 15 is 0 Å². The average molecular weight is 200 g/mol. The molecule has 14 heavy (non-hydrogen) atoms. The van der Waals surface area contributed by atoms with Crippen molar-refractivity contribution >= 4 is 0 Å². The third kappa shape index (κ3) is 6.39. The molecule has 86 valence electrons. The Balaban J connectivity index is 3.68. The van der Waals surface area contributed by atoms with Gasteiger partial charge in [-0.3, -0.25) is 0 Å². The average Bonchev–Trinajstić information content (AvgIpc) is 2.03. The number of nitrogens with one attached hydrogen (secondary N) is 1. The number of hydrogen-bond acceptors (Lipinski definition) is 2. The number of nitrogens with zero attached hydrogens (tertiary/aromatic N) is 1. The van der Waals surface area contributed by atoms with Crippen LogP contribution in [0, 0.1) is 5.92 Å². The second kappa shape index (κ2) is 7.24. The van der Waals surface area contributed by atoms with Crippen LogP contribution in [0.1, 0.15) is 40.5 Å². The van der Waals surface area contributed by atoms with E-state index in [9.17, 15) is 0 Å². The van der Waals surface area contributed by atoms with Crippen LogP contribution in [0.15, 0.2) is 0 Å². The highest BCUT2D eigenvalue weighted by molar-refractivity contribution is 4.71. The number of likely N-dealkylation sites (N-methyl/N-ethyl adjacent to an activating group) is 1. The summed E-state index contributed by atoms with van der Waals surface area (Å²) in [6, 6.07) is 1.31. The van der Waals surface area contributed by atoms with Gasteiger partial charge >= 0.3 is 0 Å². The largest absolute Gasteiger partial charge is 0.313 e. The zero-order valence-corrected chi connectivity index (χ0v) is 10.8. The lowest BCUT2D eigenvalue weighted by atomic mass is 10.0. The molecule has 0 fully saturated rings. The van der Waals surface area contributed by atoms with E-state index in [0.29, 0.717) is 12.1 Å². The van der Waals surface area contributed by atoms with Crippen molar-refractivity contribution in [1.29, 1.82) is 0 Å². The molecule has 2 atom stereocenters. The molecule has 0 radical (unpaired) electrons. The fourth-order valence-corrected chi connectivity index (χ4v) is 1.82. The summed E-state index contributed by atoms with van der Waals surface area (Å²) in [7, 11) is 4.31. The Morgan fingerprint density at radius 3 is 2.07 bits per heavy atom. The van der Waals surface area contributed by atoms with Crippen LogP contribution in [0.2, 0.25) is 0 Å². The standard InChI is InChI=1S/C12H28N2/c1-7-12(14(5)6)9-13-11(4)8-10(2)3/h10-13H,7-9H2,1-6H3. The van der Waals surface area contributed by atoms with Crippen LogP contribution in [0.25, 0.3) is 0 Å². The van der Waals surface area contributed by atoms with E-state index in [1.807, 2.05) is 0 Å². The van der Waals surface area contributed by atoms with Gasteiger partial charge in [0.05, 0.1) is 0 Å². The van der Waals surface area contributed by atoms with Crippen molar-refractivity contribution in [1.82, 2.24) is 10.2 Å². The second-order valence-electron chi connectivity index (χ2n) is 4.96. The first-order chi connectivity index (χ1) is 6.47. The number of rotatable bonds is 7.